The SMILES string of the molecule is CCCNC(C)Cc1ccc(-c2cc(Cl)cc(Cl)c2)cc1. The van der Waals surface area contributed by atoms with Gasteiger partial charge in [0.25, 0.3) is 0 Å². The highest BCUT2D eigenvalue weighted by Crippen LogP contribution is 2.27. The van der Waals surface area contributed by atoms with Gasteiger partial charge in [0.2, 0.25) is 0 Å². The van der Waals surface area contributed by atoms with E-state index in [1.807, 2.05) is 12.1 Å². The summed E-state index contributed by atoms with van der Waals surface area (Å²) >= 11 is 12.1. The number of rotatable bonds is 6. The van der Waals surface area contributed by atoms with E-state index in [1.165, 1.54) is 12.0 Å². The highest BCUT2D eigenvalue weighted by atomic mass is 35.5. The summed E-state index contributed by atoms with van der Waals surface area (Å²) in [6.45, 7) is 5.48. The van der Waals surface area contributed by atoms with Crippen LogP contribution in [0.4, 0.5) is 0 Å². The topological polar surface area (TPSA) is 12.0 Å². The van der Waals surface area contributed by atoms with Crippen LogP contribution in [-0.2, 0) is 6.42 Å². The number of nitrogens with one attached hydrogen (secondary N) is 1. The summed E-state index contributed by atoms with van der Waals surface area (Å²) in [5, 5.41) is 4.84. The van der Waals surface area contributed by atoms with E-state index in [4.69, 9.17) is 23.2 Å². The van der Waals surface area contributed by atoms with Gasteiger partial charge in [-0.1, -0.05) is 54.4 Å². The van der Waals surface area contributed by atoms with Gasteiger partial charge in [0.15, 0.2) is 0 Å². The lowest BCUT2D eigenvalue weighted by Crippen LogP contribution is -2.28. The average molecular weight is 322 g/mol. The first-order valence-corrected chi connectivity index (χ1v) is 8.13. The Bertz CT molecular complexity index is 558. The second kappa shape index (κ2) is 7.84. The van der Waals surface area contributed by atoms with Gasteiger partial charge in [0.1, 0.15) is 0 Å². The van der Waals surface area contributed by atoms with Crippen molar-refractivity contribution in [3.05, 3.63) is 58.1 Å². The van der Waals surface area contributed by atoms with Gasteiger partial charge in [-0.3, -0.25) is 0 Å². The van der Waals surface area contributed by atoms with Crippen molar-refractivity contribution in [3.8, 4) is 11.1 Å². The summed E-state index contributed by atoms with van der Waals surface area (Å²) in [4.78, 5) is 0. The lowest BCUT2D eigenvalue weighted by Gasteiger charge is -2.13. The zero-order chi connectivity index (χ0) is 15.2. The molecule has 0 fully saturated rings. The first-order chi connectivity index (χ1) is 10.1. The minimum atomic E-state index is 0.497. The highest BCUT2D eigenvalue weighted by molar-refractivity contribution is 6.35. The van der Waals surface area contributed by atoms with E-state index < -0.39 is 0 Å². The molecule has 0 aromatic heterocycles. The summed E-state index contributed by atoms with van der Waals surface area (Å²) in [5.74, 6) is 0. The Morgan fingerprint density at radius 3 is 2.14 bits per heavy atom. The molecule has 0 bridgehead atoms. The molecule has 0 heterocycles. The van der Waals surface area contributed by atoms with Crippen LogP contribution in [0.1, 0.15) is 25.8 Å². The summed E-state index contributed by atoms with van der Waals surface area (Å²) in [7, 11) is 0. The normalized spacial score (nSPS) is 12.4. The Kier molecular flexibility index (Phi) is 6.10. The zero-order valence-corrected chi connectivity index (χ0v) is 14.0. The maximum absolute atomic E-state index is 6.06. The lowest BCUT2D eigenvalue weighted by molar-refractivity contribution is 0.543. The summed E-state index contributed by atoms with van der Waals surface area (Å²) in [6.07, 6.45) is 2.20. The number of hydrogen-bond donors (Lipinski definition) is 1. The predicted molar refractivity (Wildman–Crippen MR) is 93.4 cm³/mol. The smallest absolute Gasteiger partial charge is 0.0426 e. The maximum Gasteiger partial charge on any atom is 0.0426 e. The Hall–Kier alpha value is -1.02. The monoisotopic (exact) mass is 321 g/mol. The van der Waals surface area contributed by atoms with Gasteiger partial charge in [0.05, 0.1) is 0 Å². The van der Waals surface area contributed by atoms with Crippen molar-refractivity contribution < 1.29 is 0 Å². The van der Waals surface area contributed by atoms with Gasteiger partial charge < -0.3 is 5.32 Å². The molecule has 0 saturated heterocycles. The van der Waals surface area contributed by atoms with Crippen LogP contribution >= 0.6 is 23.2 Å². The van der Waals surface area contributed by atoms with Crippen molar-refractivity contribution in [3.63, 3.8) is 0 Å². The van der Waals surface area contributed by atoms with Crippen LogP contribution in [0, 0.1) is 0 Å². The third-order valence-electron chi connectivity index (χ3n) is 3.43. The molecule has 0 radical (unpaired) electrons. The fourth-order valence-corrected chi connectivity index (χ4v) is 2.90. The number of benzene rings is 2. The van der Waals surface area contributed by atoms with Crippen LogP contribution in [0.15, 0.2) is 42.5 Å². The molecule has 2 aromatic carbocycles. The quantitative estimate of drug-likeness (QED) is 0.731. The number of hydrogen-bond acceptors (Lipinski definition) is 1. The zero-order valence-electron chi connectivity index (χ0n) is 12.5. The summed E-state index contributed by atoms with van der Waals surface area (Å²) in [6, 6.07) is 14.7. The Morgan fingerprint density at radius 1 is 0.952 bits per heavy atom. The van der Waals surface area contributed by atoms with Gasteiger partial charge >= 0.3 is 0 Å². The average Bonchev–Trinajstić information content (AvgIpc) is 2.45. The molecule has 0 spiro atoms. The van der Waals surface area contributed by atoms with Crippen LogP contribution in [0.25, 0.3) is 11.1 Å². The van der Waals surface area contributed by atoms with E-state index >= 15 is 0 Å². The molecule has 1 unspecified atom stereocenters. The Morgan fingerprint density at radius 2 is 1.57 bits per heavy atom. The first-order valence-electron chi connectivity index (χ1n) is 7.37. The molecule has 112 valence electrons. The molecular weight excluding hydrogens is 301 g/mol. The second-order valence-electron chi connectivity index (χ2n) is 5.41. The van der Waals surface area contributed by atoms with Crippen LogP contribution in [-0.4, -0.2) is 12.6 Å². The molecule has 0 amide bonds. The van der Waals surface area contributed by atoms with Crippen LogP contribution in [0.2, 0.25) is 10.0 Å². The van der Waals surface area contributed by atoms with Crippen molar-refractivity contribution in [2.24, 2.45) is 0 Å². The van der Waals surface area contributed by atoms with E-state index in [-0.39, 0.29) is 0 Å². The summed E-state index contributed by atoms with van der Waals surface area (Å²) in [5.41, 5.74) is 3.52. The maximum atomic E-state index is 6.06. The van der Waals surface area contributed by atoms with Crippen molar-refractivity contribution in [1.29, 1.82) is 0 Å². The molecule has 0 saturated carbocycles. The molecule has 2 aromatic rings. The minimum Gasteiger partial charge on any atom is -0.314 e. The Labute approximate surface area is 137 Å². The molecule has 1 nitrogen and oxygen atoms in total. The summed E-state index contributed by atoms with van der Waals surface area (Å²) < 4.78 is 0. The van der Waals surface area contributed by atoms with E-state index in [2.05, 4.69) is 43.4 Å². The van der Waals surface area contributed by atoms with Crippen molar-refractivity contribution >= 4 is 23.2 Å². The largest absolute Gasteiger partial charge is 0.314 e. The molecular formula is C18H21Cl2N. The van der Waals surface area contributed by atoms with E-state index in [9.17, 15) is 0 Å². The van der Waals surface area contributed by atoms with Crippen molar-refractivity contribution in [2.45, 2.75) is 32.7 Å². The van der Waals surface area contributed by atoms with Crippen molar-refractivity contribution in [1.82, 2.24) is 5.32 Å². The standard InChI is InChI=1S/C18H21Cl2N/c1-3-8-21-13(2)9-14-4-6-15(7-5-14)16-10-17(19)12-18(20)11-16/h4-7,10-13,21H,3,8-9H2,1-2H3. The number of halogens is 2. The third kappa shape index (κ3) is 5.03. The van der Waals surface area contributed by atoms with Crippen molar-refractivity contribution in [2.75, 3.05) is 6.54 Å². The lowest BCUT2D eigenvalue weighted by atomic mass is 10.0. The molecule has 0 aliphatic carbocycles. The van der Waals surface area contributed by atoms with Crippen LogP contribution in [0.3, 0.4) is 0 Å². The molecule has 1 N–H and O–H groups in total. The highest BCUT2D eigenvalue weighted by Gasteiger charge is 2.04. The van der Waals surface area contributed by atoms with Gasteiger partial charge in [-0.25, -0.2) is 0 Å². The molecule has 0 aliphatic rings. The molecule has 0 aliphatic heterocycles. The van der Waals surface area contributed by atoms with Gasteiger partial charge in [0, 0.05) is 16.1 Å². The molecule has 1 atom stereocenters. The van der Waals surface area contributed by atoms with E-state index in [1.54, 1.807) is 6.07 Å². The van der Waals surface area contributed by atoms with Crippen LogP contribution in [0.5, 0.6) is 0 Å². The van der Waals surface area contributed by atoms with Crippen LogP contribution < -0.4 is 5.32 Å². The minimum absolute atomic E-state index is 0.497. The third-order valence-corrected chi connectivity index (χ3v) is 3.87. The van der Waals surface area contributed by atoms with Gasteiger partial charge in [-0.05, 0) is 61.2 Å². The van der Waals surface area contributed by atoms with Gasteiger partial charge in [-0.15, -0.1) is 0 Å². The molecule has 21 heavy (non-hydrogen) atoms. The predicted octanol–water partition coefficient (Wildman–Crippen LogP) is 5.59. The fourth-order valence-electron chi connectivity index (χ4n) is 2.37. The first kappa shape index (κ1) is 16.4. The fraction of sp³-hybridized carbons (Fsp3) is 0.333. The van der Waals surface area contributed by atoms with Gasteiger partial charge in [-0.2, -0.15) is 0 Å². The van der Waals surface area contributed by atoms with E-state index in [0.717, 1.165) is 24.1 Å². The molecule has 3 heteroatoms. The molecule has 2 rings (SSSR count). The second-order valence-corrected chi connectivity index (χ2v) is 6.29. The Balaban J connectivity index is 2.08. The van der Waals surface area contributed by atoms with E-state index in [0.29, 0.717) is 16.1 Å².